The van der Waals surface area contributed by atoms with Crippen LogP contribution < -0.4 is 5.32 Å². The van der Waals surface area contributed by atoms with Crippen LogP contribution >= 0.6 is 0 Å². The molecule has 2 fully saturated rings. The van der Waals surface area contributed by atoms with Crippen molar-refractivity contribution in [3.8, 4) is 0 Å². The zero-order chi connectivity index (χ0) is 11.4. The lowest BCUT2D eigenvalue weighted by Gasteiger charge is -2.28. The zero-order valence-electron chi connectivity index (χ0n) is 10.5. The van der Waals surface area contributed by atoms with Crippen LogP contribution in [-0.4, -0.2) is 18.4 Å². The molecule has 1 atom stereocenters. The Morgan fingerprint density at radius 2 is 1.88 bits per heavy atom. The van der Waals surface area contributed by atoms with Crippen LogP contribution in [0.4, 0.5) is 0 Å². The van der Waals surface area contributed by atoms with Gasteiger partial charge in [0.15, 0.2) is 5.78 Å². The Bertz CT molecular complexity index is 229. The van der Waals surface area contributed by atoms with Crippen molar-refractivity contribution in [3.63, 3.8) is 0 Å². The summed E-state index contributed by atoms with van der Waals surface area (Å²) in [6, 6.07) is 0.142. The van der Waals surface area contributed by atoms with Crippen molar-refractivity contribution in [3.05, 3.63) is 0 Å². The second kappa shape index (κ2) is 5.81. The first kappa shape index (κ1) is 12.1. The normalized spacial score (nSPS) is 24.3. The van der Waals surface area contributed by atoms with Crippen LogP contribution in [0.15, 0.2) is 0 Å². The molecule has 2 heteroatoms. The van der Waals surface area contributed by atoms with Gasteiger partial charge in [0.25, 0.3) is 0 Å². The standard InChI is InChI=1S/C14H25NO/c1-2-13(15-10-11-6-5-7-11)14(16)12-8-3-4-9-12/h11-13,15H,2-10H2,1H3. The van der Waals surface area contributed by atoms with E-state index in [1.807, 2.05) is 0 Å². The molecule has 2 saturated carbocycles. The molecule has 0 heterocycles. The highest BCUT2D eigenvalue weighted by Crippen LogP contribution is 2.28. The number of carbonyl (C=O) groups is 1. The van der Waals surface area contributed by atoms with Crippen molar-refractivity contribution in [1.29, 1.82) is 0 Å². The highest BCUT2D eigenvalue weighted by atomic mass is 16.1. The van der Waals surface area contributed by atoms with Crippen LogP contribution in [0.1, 0.15) is 58.3 Å². The Morgan fingerprint density at radius 3 is 2.38 bits per heavy atom. The average Bonchev–Trinajstić information content (AvgIpc) is 2.74. The van der Waals surface area contributed by atoms with Crippen LogP contribution in [-0.2, 0) is 4.79 Å². The summed E-state index contributed by atoms with van der Waals surface area (Å²) in [4.78, 5) is 12.2. The van der Waals surface area contributed by atoms with Crippen molar-refractivity contribution in [1.82, 2.24) is 5.32 Å². The number of carbonyl (C=O) groups excluding carboxylic acids is 1. The number of hydrogen-bond donors (Lipinski definition) is 1. The Kier molecular flexibility index (Phi) is 4.39. The van der Waals surface area contributed by atoms with Crippen LogP contribution in [0.3, 0.4) is 0 Å². The highest BCUT2D eigenvalue weighted by Gasteiger charge is 2.28. The van der Waals surface area contributed by atoms with E-state index in [-0.39, 0.29) is 6.04 Å². The molecule has 2 nitrogen and oxygen atoms in total. The van der Waals surface area contributed by atoms with Gasteiger partial charge in [-0.05, 0) is 44.6 Å². The molecule has 0 aromatic heterocycles. The topological polar surface area (TPSA) is 29.1 Å². The van der Waals surface area contributed by atoms with Crippen LogP contribution in [0.2, 0.25) is 0 Å². The lowest BCUT2D eigenvalue weighted by molar-refractivity contribution is -0.124. The molecule has 0 bridgehead atoms. The summed E-state index contributed by atoms with van der Waals surface area (Å²) in [6.07, 6.45) is 9.87. The summed E-state index contributed by atoms with van der Waals surface area (Å²) >= 11 is 0. The molecule has 2 aliphatic carbocycles. The zero-order valence-corrected chi connectivity index (χ0v) is 10.5. The second-order valence-corrected chi connectivity index (χ2v) is 5.55. The molecule has 0 saturated heterocycles. The third kappa shape index (κ3) is 2.85. The summed E-state index contributed by atoms with van der Waals surface area (Å²) in [7, 11) is 0. The van der Waals surface area contributed by atoms with Crippen molar-refractivity contribution < 1.29 is 4.79 Å². The first-order valence-corrected chi connectivity index (χ1v) is 7.08. The van der Waals surface area contributed by atoms with Gasteiger partial charge in [0.05, 0.1) is 6.04 Å². The van der Waals surface area contributed by atoms with Gasteiger partial charge < -0.3 is 5.32 Å². The Morgan fingerprint density at radius 1 is 1.19 bits per heavy atom. The lowest BCUT2D eigenvalue weighted by Crippen LogP contribution is -2.42. The van der Waals surface area contributed by atoms with E-state index < -0.39 is 0 Å². The van der Waals surface area contributed by atoms with E-state index in [2.05, 4.69) is 12.2 Å². The third-order valence-electron chi connectivity index (χ3n) is 4.39. The number of ketones is 1. The summed E-state index contributed by atoms with van der Waals surface area (Å²) in [5.41, 5.74) is 0. The van der Waals surface area contributed by atoms with Crippen molar-refractivity contribution in [2.24, 2.45) is 11.8 Å². The minimum absolute atomic E-state index is 0.142. The molecule has 0 aliphatic heterocycles. The molecule has 1 unspecified atom stereocenters. The first-order chi connectivity index (χ1) is 7.81. The van der Waals surface area contributed by atoms with E-state index in [4.69, 9.17) is 0 Å². The summed E-state index contributed by atoms with van der Waals surface area (Å²) in [5.74, 6) is 1.73. The van der Waals surface area contributed by atoms with Crippen molar-refractivity contribution >= 4 is 5.78 Å². The minimum atomic E-state index is 0.142. The predicted octanol–water partition coefficient (Wildman–Crippen LogP) is 2.91. The largest absolute Gasteiger partial charge is 0.307 e. The van der Waals surface area contributed by atoms with Crippen LogP contribution in [0.5, 0.6) is 0 Å². The van der Waals surface area contributed by atoms with Gasteiger partial charge in [-0.25, -0.2) is 0 Å². The van der Waals surface area contributed by atoms with E-state index >= 15 is 0 Å². The van der Waals surface area contributed by atoms with E-state index in [1.54, 1.807) is 0 Å². The monoisotopic (exact) mass is 223 g/mol. The van der Waals surface area contributed by atoms with E-state index in [0.717, 1.165) is 31.7 Å². The Hall–Kier alpha value is -0.370. The van der Waals surface area contributed by atoms with Gasteiger partial charge in [-0.2, -0.15) is 0 Å². The SMILES string of the molecule is CCC(NCC1CCC1)C(=O)C1CCCC1. The number of nitrogens with one attached hydrogen (secondary N) is 1. The maximum absolute atomic E-state index is 12.2. The summed E-state index contributed by atoms with van der Waals surface area (Å²) in [6.45, 7) is 3.20. The predicted molar refractivity (Wildman–Crippen MR) is 66.4 cm³/mol. The highest BCUT2D eigenvalue weighted by molar-refractivity contribution is 5.86. The number of rotatable bonds is 6. The van der Waals surface area contributed by atoms with Gasteiger partial charge in [0.1, 0.15) is 0 Å². The lowest BCUT2D eigenvalue weighted by atomic mass is 9.85. The third-order valence-corrected chi connectivity index (χ3v) is 4.39. The fourth-order valence-electron chi connectivity index (χ4n) is 2.95. The van der Waals surface area contributed by atoms with Crippen LogP contribution in [0, 0.1) is 11.8 Å². The molecule has 0 amide bonds. The number of hydrogen-bond acceptors (Lipinski definition) is 2. The summed E-state index contributed by atoms with van der Waals surface area (Å²) in [5, 5.41) is 3.50. The van der Waals surface area contributed by atoms with Gasteiger partial charge in [0.2, 0.25) is 0 Å². The maximum atomic E-state index is 12.2. The van der Waals surface area contributed by atoms with Crippen molar-refractivity contribution in [2.75, 3.05) is 6.54 Å². The molecule has 0 radical (unpaired) electrons. The van der Waals surface area contributed by atoms with Gasteiger partial charge in [-0.15, -0.1) is 0 Å². The molecule has 16 heavy (non-hydrogen) atoms. The van der Waals surface area contributed by atoms with E-state index in [0.29, 0.717) is 11.7 Å². The molecule has 2 aliphatic rings. The average molecular weight is 223 g/mol. The molecule has 1 N–H and O–H groups in total. The van der Waals surface area contributed by atoms with Gasteiger partial charge in [-0.3, -0.25) is 4.79 Å². The van der Waals surface area contributed by atoms with Gasteiger partial charge >= 0.3 is 0 Å². The molecule has 2 rings (SSSR count). The molecular weight excluding hydrogens is 198 g/mol. The van der Waals surface area contributed by atoms with Gasteiger partial charge in [-0.1, -0.05) is 26.2 Å². The molecule has 0 aromatic carbocycles. The van der Waals surface area contributed by atoms with E-state index in [1.165, 1.54) is 32.1 Å². The molecule has 0 aromatic rings. The maximum Gasteiger partial charge on any atom is 0.152 e. The quantitative estimate of drug-likeness (QED) is 0.750. The fourth-order valence-corrected chi connectivity index (χ4v) is 2.95. The molecular formula is C14H25NO. The Labute approximate surface area is 99.2 Å². The van der Waals surface area contributed by atoms with Gasteiger partial charge in [0, 0.05) is 5.92 Å². The molecule has 92 valence electrons. The van der Waals surface area contributed by atoms with Crippen LogP contribution in [0.25, 0.3) is 0 Å². The minimum Gasteiger partial charge on any atom is -0.307 e. The Balaban J connectivity index is 1.75. The molecule has 0 spiro atoms. The second-order valence-electron chi connectivity index (χ2n) is 5.55. The smallest absolute Gasteiger partial charge is 0.152 e. The number of Topliss-reactive ketones (excluding diaryl/α,β-unsaturated/α-hetero) is 1. The van der Waals surface area contributed by atoms with Crippen molar-refractivity contribution in [2.45, 2.75) is 64.3 Å². The first-order valence-electron chi connectivity index (χ1n) is 7.08. The van der Waals surface area contributed by atoms with E-state index in [9.17, 15) is 4.79 Å². The summed E-state index contributed by atoms with van der Waals surface area (Å²) < 4.78 is 0. The fraction of sp³-hybridized carbons (Fsp3) is 0.929.